The van der Waals surface area contributed by atoms with Gasteiger partial charge in [-0.25, -0.2) is 9.26 Å². The average Bonchev–Trinajstić information content (AvgIpc) is 3.30. The van der Waals surface area contributed by atoms with Crippen LogP contribution in [0.2, 0.25) is 0 Å². The van der Waals surface area contributed by atoms with Gasteiger partial charge in [0, 0.05) is 20.1 Å². The van der Waals surface area contributed by atoms with Gasteiger partial charge in [0.15, 0.2) is 11.4 Å². The second-order valence-electron chi connectivity index (χ2n) is 5.09. The first kappa shape index (κ1) is 16.7. The molecule has 4 rings (SSSR count). The standard InChI is InChI=1S/C16H8Br2N6O2/c17-11-5-1-9(2-6-11)13-15(23-25-21-13)19-20-16-14(22-26-24-16)10-3-7-12(18)8-4-10/h1-8H. The molecule has 0 radical (unpaired) electrons. The van der Waals surface area contributed by atoms with Crippen LogP contribution >= 0.6 is 31.9 Å². The summed E-state index contributed by atoms with van der Waals surface area (Å²) in [4.78, 5) is 0. The first-order chi connectivity index (χ1) is 12.7. The van der Waals surface area contributed by atoms with Crippen molar-refractivity contribution in [3.05, 3.63) is 57.5 Å². The lowest BCUT2D eigenvalue weighted by Gasteiger charge is -1.96. The molecule has 2 heterocycles. The lowest BCUT2D eigenvalue weighted by Crippen LogP contribution is -1.79. The quantitative estimate of drug-likeness (QED) is 0.349. The van der Waals surface area contributed by atoms with Crippen molar-refractivity contribution in [1.82, 2.24) is 20.6 Å². The third kappa shape index (κ3) is 3.46. The Morgan fingerprint density at radius 1 is 0.577 bits per heavy atom. The summed E-state index contributed by atoms with van der Waals surface area (Å²) in [7, 11) is 0. The van der Waals surface area contributed by atoms with Crippen LogP contribution in [-0.2, 0) is 0 Å². The van der Waals surface area contributed by atoms with Gasteiger partial charge in [-0.3, -0.25) is 0 Å². The highest BCUT2D eigenvalue weighted by Gasteiger charge is 2.15. The van der Waals surface area contributed by atoms with E-state index in [0.29, 0.717) is 11.4 Å². The van der Waals surface area contributed by atoms with E-state index >= 15 is 0 Å². The molecule has 2 aromatic heterocycles. The van der Waals surface area contributed by atoms with Crippen LogP contribution in [0.3, 0.4) is 0 Å². The maximum Gasteiger partial charge on any atom is 0.245 e. The Balaban J connectivity index is 1.65. The molecule has 26 heavy (non-hydrogen) atoms. The summed E-state index contributed by atoms with van der Waals surface area (Å²) in [5.41, 5.74) is 2.55. The van der Waals surface area contributed by atoms with E-state index in [1.54, 1.807) is 0 Å². The maximum atomic E-state index is 4.80. The van der Waals surface area contributed by atoms with E-state index < -0.39 is 0 Å². The van der Waals surface area contributed by atoms with Gasteiger partial charge in [-0.15, -0.1) is 10.2 Å². The topological polar surface area (TPSA) is 103 Å². The number of hydrogen-bond donors (Lipinski definition) is 0. The predicted octanol–water partition coefficient (Wildman–Crippen LogP) is 5.73. The molecule has 0 bridgehead atoms. The van der Waals surface area contributed by atoms with Crippen molar-refractivity contribution < 1.29 is 9.26 Å². The van der Waals surface area contributed by atoms with Crippen molar-refractivity contribution >= 4 is 43.5 Å². The Labute approximate surface area is 163 Å². The number of benzene rings is 2. The van der Waals surface area contributed by atoms with Crippen molar-refractivity contribution in [3.8, 4) is 22.5 Å². The Morgan fingerprint density at radius 3 is 1.35 bits per heavy atom. The van der Waals surface area contributed by atoms with E-state index in [9.17, 15) is 0 Å². The Kier molecular flexibility index (Phi) is 4.67. The molecule has 0 aliphatic carbocycles. The number of hydrogen-bond acceptors (Lipinski definition) is 8. The van der Waals surface area contributed by atoms with E-state index in [-0.39, 0.29) is 11.6 Å². The summed E-state index contributed by atoms with van der Waals surface area (Å²) < 4.78 is 11.5. The van der Waals surface area contributed by atoms with Gasteiger partial charge in [0.25, 0.3) is 0 Å². The predicted molar refractivity (Wildman–Crippen MR) is 99.0 cm³/mol. The zero-order chi connectivity index (χ0) is 17.9. The maximum absolute atomic E-state index is 4.80. The summed E-state index contributed by atoms with van der Waals surface area (Å²) in [6.07, 6.45) is 0. The van der Waals surface area contributed by atoms with Crippen LogP contribution in [-0.4, -0.2) is 20.6 Å². The largest absolute Gasteiger partial charge is 0.245 e. The molecule has 128 valence electrons. The molecule has 0 saturated heterocycles. The second kappa shape index (κ2) is 7.26. The molecular formula is C16H8Br2N6O2. The van der Waals surface area contributed by atoms with Crippen molar-refractivity contribution in [1.29, 1.82) is 0 Å². The van der Waals surface area contributed by atoms with E-state index in [1.807, 2.05) is 48.5 Å². The van der Waals surface area contributed by atoms with E-state index in [2.05, 4.69) is 62.7 Å². The van der Waals surface area contributed by atoms with Crippen LogP contribution < -0.4 is 0 Å². The highest BCUT2D eigenvalue weighted by molar-refractivity contribution is 9.10. The Morgan fingerprint density at radius 2 is 0.962 bits per heavy atom. The molecule has 0 unspecified atom stereocenters. The van der Waals surface area contributed by atoms with E-state index in [0.717, 1.165) is 20.1 Å². The van der Waals surface area contributed by atoms with E-state index in [4.69, 9.17) is 9.26 Å². The number of aromatic nitrogens is 4. The molecule has 0 aliphatic rings. The number of halogens is 2. The van der Waals surface area contributed by atoms with Crippen LogP contribution in [0.4, 0.5) is 11.6 Å². The highest BCUT2D eigenvalue weighted by atomic mass is 79.9. The molecule has 0 saturated carbocycles. The van der Waals surface area contributed by atoms with Crippen LogP contribution in [0.15, 0.2) is 77.0 Å². The summed E-state index contributed by atoms with van der Waals surface area (Å²) in [6, 6.07) is 15.0. The molecule has 10 heteroatoms. The van der Waals surface area contributed by atoms with E-state index in [1.165, 1.54) is 0 Å². The number of nitrogens with zero attached hydrogens (tertiary/aromatic N) is 6. The van der Waals surface area contributed by atoms with Crippen LogP contribution in [0.1, 0.15) is 0 Å². The smallest absolute Gasteiger partial charge is 0.242 e. The van der Waals surface area contributed by atoms with Gasteiger partial charge in [0.1, 0.15) is 0 Å². The minimum absolute atomic E-state index is 0.233. The first-order valence-corrected chi connectivity index (χ1v) is 8.88. The highest BCUT2D eigenvalue weighted by Crippen LogP contribution is 2.31. The number of azo groups is 1. The number of rotatable bonds is 4. The van der Waals surface area contributed by atoms with Crippen LogP contribution in [0.25, 0.3) is 22.5 Å². The zero-order valence-electron chi connectivity index (χ0n) is 12.9. The Hall–Kier alpha value is -2.72. The molecule has 0 atom stereocenters. The van der Waals surface area contributed by atoms with Gasteiger partial charge in [0.05, 0.1) is 0 Å². The lowest BCUT2D eigenvalue weighted by atomic mass is 10.1. The lowest BCUT2D eigenvalue weighted by molar-refractivity contribution is 0.308. The third-order valence-electron chi connectivity index (χ3n) is 3.42. The fraction of sp³-hybridized carbons (Fsp3) is 0. The van der Waals surface area contributed by atoms with Gasteiger partial charge in [-0.05, 0) is 44.9 Å². The zero-order valence-corrected chi connectivity index (χ0v) is 16.0. The van der Waals surface area contributed by atoms with Gasteiger partial charge in [0.2, 0.25) is 11.6 Å². The molecule has 2 aromatic carbocycles. The minimum atomic E-state index is 0.233. The summed E-state index contributed by atoms with van der Waals surface area (Å²) in [5.74, 6) is 0.467. The third-order valence-corrected chi connectivity index (χ3v) is 4.47. The van der Waals surface area contributed by atoms with Gasteiger partial charge in [-0.2, -0.15) is 0 Å². The van der Waals surface area contributed by atoms with Crippen molar-refractivity contribution in [2.45, 2.75) is 0 Å². The molecule has 0 amide bonds. The van der Waals surface area contributed by atoms with Gasteiger partial charge < -0.3 is 0 Å². The monoisotopic (exact) mass is 474 g/mol. The molecular weight excluding hydrogens is 468 g/mol. The molecule has 0 fully saturated rings. The minimum Gasteiger partial charge on any atom is -0.242 e. The van der Waals surface area contributed by atoms with Crippen molar-refractivity contribution in [3.63, 3.8) is 0 Å². The Bertz CT molecular complexity index is 971. The van der Waals surface area contributed by atoms with Crippen molar-refractivity contribution in [2.75, 3.05) is 0 Å². The normalized spacial score (nSPS) is 11.3. The summed E-state index contributed by atoms with van der Waals surface area (Å²) in [6.45, 7) is 0. The molecule has 0 N–H and O–H groups in total. The van der Waals surface area contributed by atoms with Crippen LogP contribution in [0, 0.1) is 0 Å². The van der Waals surface area contributed by atoms with Gasteiger partial charge >= 0.3 is 0 Å². The summed E-state index contributed by atoms with van der Waals surface area (Å²) >= 11 is 6.78. The molecule has 0 aliphatic heterocycles. The fourth-order valence-electron chi connectivity index (χ4n) is 2.17. The molecule has 0 spiro atoms. The molecule has 8 nitrogen and oxygen atoms in total. The average molecular weight is 476 g/mol. The second-order valence-corrected chi connectivity index (χ2v) is 6.92. The SMILES string of the molecule is Brc1ccc(-c2nonc2N=Nc2nonc2-c2ccc(Br)cc2)cc1. The molecule has 4 aromatic rings. The van der Waals surface area contributed by atoms with Gasteiger partial charge in [-0.1, -0.05) is 56.1 Å². The summed E-state index contributed by atoms with van der Waals surface area (Å²) in [5, 5.41) is 23.5. The first-order valence-electron chi connectivity index (χ1n) is 7.29. The fourth-order valence-corrected chi connectivity index (χ4v) is 2.70. The van der Waals surface area contributed by atoms with Crippen molar-refractivity contribution in [2.24, 2.45) is 10.2 Å². The van der Waals surface area contributed by atoms with Crippen LogP contribution in [0.5, 0.6) is 0 Å².